The van der Waals surface area contributed by atoms with Crippen LogP contribution in [0.5, 0.6) is 11.6 Å². The summed E-state index contributed by atoms with van der Waals surface area (Å²) in [6, 6.07) is 11.3. The molecular weight excluding hydrogens is 302 g/mol. The molecule has 24 heavy (non-hydrogen) atoms. The summed E-state index contributed by atoms with van der Waals surface area (Å²) in [6.45, 7) is 3.69. The number of rotatable bonds is 3. The van der Waals surface area contributed by atoms with Crippen LogP contribution in [0.2, 0.25) is 0 Å². The molecule has 2 heterocycles. The predicted molar refractivity (Wildman–Crippen MR) is 94.5 cm³/mol. The lowest BCUT2D eigenvalue weighted by atomic mass is 10.2. The zero-order chi connectivity index (χ0) is 16.8. The Bertz CT molecular complexity index is 660. The first kappa shape index (κ1) is 16.3. The quantitative estimate of drug-likeness (QED) is 0.898. The molecule has 0 unspecified atom stereocenters. The number of pyridine rings is 1. The van der Waals surface area contributed by atoms with Gasteiger partial charge in [0.15, 0.2) is 0 Å². The highest BCUT2D eigenvalue weighted by Crippen LogP contribution is 2.21. The fraction of sp³-hybridized carbons (Fsp3) is 0.368. The molecule has 1 aliphatic rings. The summed E-state index contributed by atoms with van der Waals surface area (Å²) in [7, 11) is 0. The minimum Gasteiger partial charge on any atom is -0.439 e. The van der Waals surface area contributed by atoms with Crippen molar-refractivity contribution in [2.45, 2.75) is 32.6 Å². The number of hydrogen-bond donors (Lipinski definition) is 1. The third kappa shape index (κ3) is 4.47. The van der Waals surface area contributed by atoms with Crippen molar-refractivity contribution in [3.05, 3.63) is 48.2 Å². The van der Waals surface area contributed by atoms with E-state index in [1.165, 1.54) is 18.4 Å². The van der Waals surface area contributed by atoms with Crippen molar-refractivity contribution in [1.82, 2.24) is 9.88 Å². The number of urea groups is 1. The standard InChI is InChI=1S/C19H23N3O2/c1-15-6-9-17(10-7-15)24-18-11-8-16(14-20-18)21-19(23)22-12-4-2-3-5-13-22/h6-11,14H,2-5,12-13H2,1H3,(H,21,23). The fourth-order valence-corrected chi connectivity index (χ4v) is 2.72. The number of benzene rings is 1. The Kier molecular flexibility index (Phi) is 5.31. The molecule has 0 bridgehead atoms. The highest BCUT2D eigenvalue weighted by molar-refractivity contribution is 5.89. The van der Waals surface area contributed by atoms with Gasteiger partial charge in [0.1, 0.15) is 5.75 Å². The Morgan fingerprint density at radius 1 is 1.04 bits per heavy atom. The Morgan fingerprint density at radius 3 is 2.38 bits per heavy atom. The summed E-state index contributed by atoms with van der Waals surface area (Å²) in [5.41, 5.74) is 1.86. The van der Waals surface area contributed by atoms with Gasteiger partial charge < -0.3 is 15.0 Å². The van der Waals surface area contributed by atoms with Gasteiger partial charge in [0.05, 0.1) is 11.9 Å². The van der Waals surface area contributed by atoms with E-state index in [-0.39, 0.29) is 6.03 Å². The predicted octanol–water partition coefficient (Wildman–Crippen LogP) is 4.59. The van der Waals surface area contributed by atoms with Crippen molar-refractivity contribution < 1.29 is 9.53 Å². The number of aromatic nitrogens is 1. The Hall–Kier alpha value is -2.56. The maximum absolute atomic E-state index is 12.3. The van der Waals surface area contributed by atoms with Crippen molar-refractivity contribution >= 4 is 11.7 Å². The number of carbonyl (C=O) groups is 1. The molecule has 1 aromatic heterocycles. The van der Waals surface area contributed by atoms with Gasteiger partial charge >= 0.3 is 6.03 Å². The largest absolute Gasteiger partial charge is 0.439 e. The molecule has 5 nitrogen and oxygen atoms in total. The van der Waals surface area contributed by atoms with Crippen LogP contribution in [0.3, 0.4) is 0 Å². The number of ether oxygens (including phenoxy) is 1. The van der Waals surface area contributed by atoms with E-state index in [4.69, 9.17) is 4.74 Å². The maximum Gasteiger partial charge on any atom is 0.321 e. The highest BCUT2D eigenvalue weighted by Gasteiger charge is 2.15. The molecule has 3 rings (SSSR count). The first-order chi connectivity index (χ1) is 11.7. The normalized spacial score (nSPS) is 14.8. The smallest absolute Gasteiger partial charge is 0.321 e. The lowest BCUT2D eigenvalue weighted by Gasteiger charge is -2.20. The van der Waals surface area contributed by atoms with Gasteiger partial charge in [-0.2, -0.15) is 0 Å². The van der Waals surface area contributed by atoms with Crippen molar-refractivity contribution in [1.29, 1.82) is 0 Å². The SMILES string of the molecule is Cc1ccc(Oc2ccc(NC(=O)N3CCCCCC3)cn2)cc1. The fourth-order valence-electron chi connectivity index (χ4n) is 2.72. The minimum absolute atomic E-state index is 0.0501. The Morgan fingerprint density at radius 2 is 1.75 bits per heavy atom. The number of likely N-dealkylation sites (tertiary alicyclic amines) is 1. The van der Waals surface area contributed by atoms with E-state index >= 15 is 0 Å². The summed E-state index contributed by atoms with van der Waals surface area (Å²) in [5.74, 6) is 1.25. The van der Waals surface area contributed by atoms with Crippen LogP contribution in [0, 0.1) is 6.92 Å². The highest BCUT2D eigenvalue weighted by atomic mass is 16.5. The zero-order valence-electron chi connectivity index (χ0n) is 14.0. The molecule has 0 atom stereocenters. The molecule has 2 amide bonds. The summed E-state index contributed by atoms with van der Waals surface area (Å²) in [4.78, 5) is 18.4. The average Bonchev–Trinajstić information content (AvgIpc) is 2.88. The number of hydrogen-bond acceptors (Lipinski definition) is 3. The van der Waals surface area contributed by atoms with Gasteiger partial charge in [0.25, 0.3) is 0 Å². The van der Waals surface area contributed by atoms with Gasteiger partial charge in [-0.05, 0) is 38.0 Å². The molecule has 1 aromatic carbocycles. The summed E-state index contributed by atoms with van der Waals surface area (Å²) in [6.07, 6.45) is 6.19. The number of nitrogens with one attached hydrogen (secondary N) is 1. The molecule has 2 aromatic rings. The molecule has 0 radical (unpaired) electrons. The van der Waals surface area contributed by atoms with Crippen molar-refractivity contribution in [3.8, 4) is 11.6 Å². The topological polar surface area (TPSA) is 54.5 Å². The van der Waals surface area contributed by atoms with E-state index in [0.717, 1.165) is 31.7 Å². The average molecular weight is 325 g/mol. The van der Waals surface area contributed by atoms with E-state index in [9.17, 15) is 4.79 Å². The first-order valence-electron chi connectivity index (χ1n) is 8.47. The van der Waals surface area contributed by atoms with E-state index in [0.29, 0.717) is 11.6 Å². The summed E-state index contributed by atoms with van der Waals surface area (Å²) in [5, 5.41) is 2.91. The van der Waals surface area contributed by atoms with Crippen LogP contribution in [-0.4, -0.2) is 29.0 Å². The lowest BCUT2D eigenvalue weighted by Crippen LogP contribution is -2.35. The van der Waals surface area contributed by atoms with Gasteiger partial charge in [-0.25, -0.2) is 9.78 Å². The zero-order valence-corrected chi connectivity index (χ0v) is 14.0. The van der Waals surface area contributed by atoms with Crippen LogP contribution in [0.1, 0.15) is 31.2 Å². The Balaban J connectivity index is 1.57. The van der Waals surface area contributed by atoms with Gasteiger partial charge in [-0.15, -0.1) is 0 Å². The second kappa shape index (κ2) is 7.81. The van der Waals surface area contributed by atoms with Gasteiger partial charge in [0.2, 0.25) is 5.88 Å². The van der Waals surface area contributed by atoms with Crippen LogP contribution < -0.4 is 10.1 Å². The molecule has 0 aliphatic carbocycles. The number of amides is 2. The van der Waals surface area contributed by atoms with E-state index in [1.54, 1.807) is 12.3 Å². The molecule has 0 spiro atoms. The van der Waals surface area contributed by atoms with Crippen molar-refractivity contribution in [3.63, 3.8) is 0 Å². The monoisotopic (exact) mass is 325 g/mol. The molecule has 1 saturated heterocycles. The molecule has 0 saturated carbocycles. The number of anilines is 1. The first-order valence-corrected chi connectivity index (χ1v) is 8.47. The van der Waals surface area contributed by atoms with Crippen LogP contribution in [0.15, 0.2) is 42.6 Å². The molecule has 1 fully saturated rings. The van der Waals surface area contributed by atoms with E-state index in [1.807, 2.05) is 42.2 Å². The van der Waals surface area contributed by atoms with Crippen LogP contribution in [0.25, 0.3) is 0 Å². The van der Waals surface area contributed by atoms with Crippen molar-refractivity contribution in [2.75, 3.05) is 18.4 Å². The molecular formula is C19H23N3O2. The van der Waals surface area contributed by atoms with Crippen LogP contribution >= 0.6 is 0 Å². The molecule has 5 heteroatoms. The molecule has 126 valence electrons. The summed E-state index contributed by atoms with van der Waals surface area (Å²) >= 11 is 0. The third-order valence-corrected chi connectivity index (χ3v) is 4.12. The van der Waals surface area contributed by atoms with E-state index in [2.05, 4.69) is 10.3 Å². The molecule has 1 aliphatic heterocycles. The van der Waals surface area contributed by atoms with Gasteiger partial charge in [0, 0.05) is 19.2 Å². The second-order valence-corrected chi connectivity index (χ2v) is 6.13. The summed E-state index contributed by atoms with van der Waals surface area (Å²) < 4.78 is 5.69. The number of carbonyl (C=O) groups excluding carboxylic acids is 1. The van der Waals surface area contributed by atoms with Gasteiger partial charge in [-0.1, -0.05) is 30.5 Å². The number of aryl methyl sites for hydroxylation is 1. The minimum atomic E-state index is -0.0501. The van der Waals surface area contributed by atoms with Crippen molar-refractivity contribution in [2.24, 2.45) is 0 Å². The third-order valence-electron chi connectivity index (χ3n) is 4.12. The maximum atomic E-state index is 12.3. The number of nitrogens with zero attached hydrogens (tertiary/aromatic N) is 2. The second-order valence-electron chi connectivity index (χ2n) is 6.13. The van der Waals surface area contributed by atoms with Crippen LogP contribution in [-0.2, 0) is 0 Å². The molecule has 1 N–H and O–H groups in total. The van der Waals surface area contributed by atoms with Gasteiger partial charge in [-0.3, -0.25) is 0 Å². The lowest BCUT2D eigenvalue weighted by molar-refractivity contribution is 0.213. The Labute approximate surface area is 142 Å². The van der Waals surface area contributed by atoms with Crippen LogP contribution in [0.4, 0.5) is 10.5 Å². The van der Waals surface area contributed by atoms with E-state index < -0.39 is 0 Å².